The first-order chi connectivity index (χ1) is 9.00. The summed E-state index contributed by atoms with van der Waals surface area (Å²) in [5.74, 6) is 0.186. The number of hydrogen-bond donors (Lipinski definition) is 1. The molecule has 0 radical (unpaired) electrons. The summed E-state index contributed by atoms with van der Waals surface area (Å²) in [5, 5.41) is 3.25. The van der Waals surface area contributed by atoms with E-state index in [0.29, 0.717) is 6.42 Å². The number of hydrogen-bond acceptors (Lipinski definition) is 3. The zero-order valence-corrected chi connectivity index (χ0v) is 12.4. The van der Waals surface area contributed by atoms with Crippen LogP contribution < -0.4 is 5.32 Å². The Balaban J connectivity index is 2.05. The van der Waals surface area contributed by atoms with E-state index in [-0.39, 0.29) is 17.8 Å². The molecule has 0 bridgehead atoms. The van der Waals surface area contributed by atoms with Crippen LogP contribution in [0.25, 0.3) is 0 Å². The lowest BCUT2D eigenvalue weighted by atomic mass is 10.2. The van der Waals surface area contributed by atoms with Gasteiger partial charge in [-0.2, -0.15) is 4.31 Å². The summed E-state index contributed by atoms with van der Waals surface area (Å²) >= 11 is 0. The zero-order valence-electron chi connectivity index (χ0n) is 11.5. The van der Waals surface area contributed by atoms with Crippen molar-refractivity contribution in [2.24, 2.45) is 0 Å². The molecule has 19 heavy (non-hydrogen) atoms. The van der Waals surface area contributed by atoms with E-state index >= 15 is 0 Å². The second kappa shape index (κ2) is 6.03. The highest BCUT2D eigenvalue weighted by molar-refractivity contribution is 7.89. The van der Waals surface area contributed by atoms with Crippen molar-refractivity contribution >= 4 is 10.0 Å². The van der Waals surface area contributed by atoms with Crippen LogP contribution >= 0.6 is 0 Å². The molecule has 0 amide bonds. The Hall–Kier alpha value is -0.910. The van der Waals surface area contributed by atoms with Gasteiger partial charge in [0.15, 0.2) is 0 Å². The van der Waals surface area contributed by atoms with Crippen molar-refractivity contribution in [3.8, 4) is 0 Å². The molecule has 0 spiro atoms. The SMILES string of the molecule is CC1CNCC(C)N1S(=O)(=O)CCc1ccccc1. The van der Waals surface area contributed by atoms with Gasteiger partial charge < -0.3 is 5.32 Å². The molecule has 106 valence electrons. The average Bonchev–Trinajstić information content (AvgIpc) is 2.37. The lowest BCUT2D eigenvalue weighted by Crippen LogP contribution is -2.57. The molecule has 1 aliphatic rings. The fourth-order valence-electron chi connectivity index (χ4n) is 2.66. The molecule has 1 aromatic rings. The monoisotopic (exact) mass is 282 g/mol. The lowest BCUT2D eigenvalue weighted by molar-refractivity contribution is 0.220. The van der Waals surface area contributed by atoms with E-state index in [1.54, 1.807) is 4.31 Å². The van der Waals surface area contributed by atoms with Gasteiger partial charge in [-0.25, -0.2) is 8.42 Å². The summed E-state index contributed by atoms with van der Waals surface area (Å²) in [7, 11) is -3.19. The van der Waals surface area contributed by atoms with E-state index in [2.05, 4.69) is 5.32 Å². The summed E-state index contributed by atoms with van der Waals surface area (Å²) < 4.78 is 26.6. The molecule has 4 nitrogen and oxygen atoms in total. The number of nitrogens with zero attached hydrogens (tertiary/aromatic N) is 1. The topological polar surface area (TPSA) is 49.4 Å². The summed E-state index contributed by atoms with van der Waals surface area (Å²) in [5.41, 5.74) is 1.07. The Bertz CT molecular complexity index is 491. The van der Waals surface area contributed by atoms with Crippen LogP contribution in [0.5, 0.6) is 0 Å². The predicted octanol–water partition coefficient (Wildman–Crippen LogP) is 1.24. The van der Waals surface area contributed by atoms with Gasteiger partial charge >= 0.3 is 0 Å². The van der Waals surface area contributed by atoms with Crippen molar-refractivity contribution in [3.05, 3.63) is 35.9 Å². The average molecular weight is 282 g/mol. The van der Waals surface area contributed by atoms with Crippen LogP contribution in [0, 0.1) is 0 Å². The highest BCUT2D eigenvalue weighted by atomic mass is 32.2. The van der Waals surface area contributed by atoms with Crippen molar-refractivity contribution < 1.29 is 8.42 Å². The third kappa shape index (κ3) is 3.55. The van der Waals surface area contributed by atoms with E-state index in [4.69, 9.17) is 0 Å². The largest absolute Gasteiger partial charge is 0.314 e. The van der Waals surface area contributed by atoms with Crippen molar-refractivity contribution in [1.29, 1.82) is 0 Å². The fraction of sp³-hybridized carbons (Fsp3) is 0.571. The number of aryl methyl sites for hydroxylation is 1. The van der Waals surface area contributed by atoms with Crippen LogP contribution in [0.4, 0.5) is 0 Å². The smallest absolute Gasteiger partial charge is 0.215 e. The Labute approximate surface area is 115 Å². The van der Waals surface area contributed by atoms with Gasteiger partial charge in [-0.1, -0.05) is 30.3 Å². The van der Waals surface area contributed by atoms with E-state index < -0.39 is 10.0 Å². The lowest BCUT2D eigenvalue weighted by Gasteiger charge is -2.38. The standard InChI is InChI=1S/C14H22N2O2S/c1-12-10-15-11-13(2)16(12)19(17,18)9-8-14-6-4-3-5-7-14/h3-7,12-13,15H,8-11H2,1-2H3. The van der Waals surface area contributed by atoms with Gasteiger partial charge in [-0.05, 0) is 25.8 Å². The van der Waals surface area contributed by atoms with E-state index in [1.165, 1.54) is 0 Å². The van der Waals surface area contributed by atoms with E-state index in [1.807, 2.05) is 44.2 Å². The number of nitrogens with one attached hydrogen (secondary N) is 1. The third-order valence-corrected chi connectivity index (χ3v) is 5.64. The number of sulfonamides is 1. The normalized spacial score (nSPS) is 25.4. The molecule has 5 heteroatoms. The van der Waals surface area contributed by atoms with Gasteiger partial charge in [-0.3, -0.25) is 0 Å². The van der Waals surface area contributed by atoms with E-state index in [0.717, 1.165) is 18.7 Å². The van der Waals surface area contributed by atoms with Gasteiger partial charge in [0.2, 0.25) is 10.0 Å². The quantitative estimate of drug-likeness (QED) is 0.904. The molecule has 2 atom stereocenters. The predicted molar refractivity (Wildman–Crippen MR) is 77.6 cm³/mol. The van der Waals surface area contributed by atoms with Crippen molar-refractivity contribution in [1.82, 2.24) is 9.62 Å². The Kier molecular flexibility index (Phi) is 4.60. The van der Waals surface area contributed by atoms with Gasteiger partial charge in [0, 0.05) is 25.2 Å². The highest BCUT2D eigenvalue weighted by Gasteiger charge is 2.33. The first kappa shape index (κ1) is 14.5. The first-order valence-corrected chi connectivity index (χ1v) is 8.37. The second-order valence-electron chi connectivity index (χ2n) is 5.24. The Morgan fingerprint density at radius 2 is 1.74 bits per heavy atom. The van der Waals surface area contributed by atoms with Crippen LogP contribution in [-0.2, 0) is 16.4 Å². The minimum atomic E-state index is -3.19. The van der Waals surface area contributed by atoms with Gasteiger partial charge in [-0.15, -0.1) is 0 Å². The van der Waals surface area contributed by atoms with Crippen LogP contribution in [0.2, 0.25) is 0 Å². The number of benzene rings is 1. The van der Waals surface area contributed by atoms with Crippen molar-refractivity contribution in [2.75, 3.05) is 18.8 Å². The van der Waals surface area contributed by atoms with Crippen molar-refractivity contribution in [2.45, 2.75) is 32.4 Å². The van der Waals surface area contributed by atoms with E-state index in [9.17, 15) is 8.42 Å². The van der Waals surface area contributed by atoms with Gasteiger partial charge in [0.1, 0.15) is 0 Å². The molecule has 0 aliphatic carbocycles. The molecule has 1 N–H and O–H groups in total. The minimum Gasteiger partial charge on any atom is -0.314 e. The van der Waals surface area contributed by atoms with Crippen LogP contribution in [-0.4, -0.2) is 43.6 Å². The zero-order chi connectivity index (χ0) is 13.9. The summed E-state index contributed by atoms with van der Waals surface area (Å²) in [4.78, 5) is 0. The molecule has 1 heterocycles. The Morgan fingerprint density at radius 1 is 1.16 bits per heavy atom. The first-order valence-electron chi connectivity index (χ1n) is 6.76. The maximum absolute atomic E-state index is 12.5. The number of rotatable bonds is 4. The molecule has 1 saturated heterocycles. The maximum atomic E-state index is 12.5. The van der Waals surface area contributed by atoms with Gasteiger partial charge in [0.05, 0.1) is 5.75 Å². The molecule has 0 aromatic heterocycles. The molecule has 2 rings (SSSR count). The molecule has 1 aromatic carbocycles. The summed E-state index contributed by atoms with van der Waals surface area (Å²) in [6.45, 7) is 5.38. The molecule has 1 fully saturated rings. The molecule has 1 aliphatic heterocycles. The second-order valence-corrected chi connectivity index (χ2v) is 7.23. The van der Waals surface area contributed by atoms with Gasteiger partial charge in [0.25, 0.3) is 0 Å². The minimum absolute atomic E-state index is 0.0320. The fourth-order valence-corrected chi connectivity index (χ4v) is 4.61. The number of piperazine rings is 1. The highest BCUT2D eigenvalue weighted by Crippen LogP contribution is 2.17. The maximum Gasteiger partial charge on any atom is 0.215 e. The summed E-state index contributed by atoms with van der Waals surface area (Å²) in [6, 6.07) is 9.84. The third-order valence-electron chi connectivity index (χ3n) is 3.56. The van der Waals surface area contributed by atoms with Crippen LogP contribution in [0.15, 0.2) is 30.3 Å². The van der Waals surface area contributed by atoms with Crippen LogP contribution in [0.1, 0.15) is 19.4 Å². The molecular weight excluding hydrogens is 260 g/mol. The van der Waals surface area contributed by atoms with Crippen molar-refractivity contribution in [3.63, 3.8) is 0 Å². The summed E-state index contributed by atoms with van der Waals surface area (Å²) in [6.07, 6.45) is 0.576. The molecule has 2 unspecified atom stereocenters. The van der Waals surface area contributed by atoms with Crippen LogP contribution in [0.3, 0.4) is 0 Å². The molecular formula is C14H22N2O2S. The molecule has 0 saturated carbocycles. The Morgan fingerprint density at radius 3 is 2.32 bits per heavy atom.